The first kappa shape index (κ1) is 13.4. The molecule has 95 valence electrons. The van der Waals surface area contributed by atoms with Crippen molar-refractivity contribution < 1.29 is 0 Å². The smallest absolute Gasteiger partial charge is 0.0317 e. The van der Waals surface area contributed by atoms with Crippen LogP contribution in [0.5, 0.6) is 0 Å². The SMILES string of the molecule is CCCCC([Si])(CCCC)C1CC2C=CC1C2. The minimum atomic E-state index is 0.441. The van der Waals surface area contributed by atoms with Crippen molar-refractivity contribution in [3.63, 3.8) is 0 Å². The molecule has 2 rings (SSSR count). The summed E-state index contributed by atoms with van der Waals surface area (Å²) >= 11 is 0. The molecule has 2 aliphatic carbocycles. The van der Waals surface area contributed by atoms with Gasteiger partial charge in [-0.25, -0.2) is 0 Å². The van der Waals surface area contributed by atoms with Crippen molar-refractivity contribution in [3.8, 4) is 0 Å². The molecule has 0 aromatic heterocycles. The molecule has 0 aliphatic heterocycles. The predicted molar refractivity (Wildman–Crippen MR) is 76.3 cm³/mol. The van der Waals surface area contributed by atoms with Gasteiger partial charge < -0.3 is 0 Å². The Kier molecular flexibility index (Phi) is 4.51. The Balaban J connectivity index is 2.01. The van der Waals surface area contributed by atoms with E-state index in [9.17, 15) is 0 Å². The second-order valence-corrected chi connectivity index (χ2v) is 7.25. The molecule has 0 saturated heterocycles. The number of hydrogen-bond donors (Lipinski definition) is 0. The Morgan fingerprint density at radius 1 is 1.06 bits per heavy atom. The molecular formula is C16H27Si. The van der Waals surface area contributed by atoms with E-state index in [1.807, 2.05) is 0 Å². The van der Waals surface area contributed by atoms with Gasteiger partial charge in [0.15, 0.2) is 0 Å². The standard InChI is InChI=1S/C16H27Si/c1-3-5-9-16(17,10-6-4-2)15-12-13-7-8-14(15)11-13/h7-8,13-15H,3-6,9-12H2,1-2H3. The minimum absolute atomic E-state index is 0.441. The topological polar surface area (TPSA) is 0 Å². The first-order chi connectivity index (χ1) is 8.19. The fourth-order valence-electron chi connectivity index (χ4n) is 3.90. The normalized spacial score (nSPS) is 31.4. The van der Waals surface area contributed by atoms with Crippen molar-refractivity contribution in [2.45, 2.75) is 70.3 Å². The average molecular weight is 247 g/mol. The molecule has 0 amide bonds. The summed E-state index contributed by atoms with van der Waals surface area (Å²) in [6.45, 7) is 4.63. The summed E-state index contributed by atoms with van der Waals surface area (Å²) < 4.78 is 0. The number of unbranched alkanes of at least 4 members (excludes halogenated alkanes) is 2. The summed E-state index contributed by atoms with van der Waals surface area (Å²) in [5.74, 6) is 2.70. The maximum Gasteiger partial charge on any atom is 0.0317 e. The van der Waals surface area contributed by atoms with Gasteiger partial charge in [-0.3, -0.25) is 0 Å². The molecule has 1 fully saturated rings. The van der Waals surface area contributed by atoms with E-state index in [2.05, 4.69) is 36.2 Å². The maximum absolute atomic E-state index is 4.24. The fourth-order valence-corrected chi connectivity index (χ4v) is 4.58. The van der Waals surface area contributed by atoms with Crippen LogP contribution in [-0.4, -0.2) is 10.2 Å². The number of hydrogen-bond acceptors (Lipinski definition) is 0. The molecule has 2 aliphatic rings. The zero-order valence-electron chi connectivity index (χ0n) is 11.5. The van der Waals surface area contributed by atoms with Crippen LogP contribution in [0.3, 0.4) is 0 Å². The van der Waals surface area contributed by atoms with Crippen LogP contribution in [-0.2, 0) is 0 Å². The Hall–Kier alpha value is -0.0431. The molecule has 0 N–H and O–H groups in total. The van der Waals surface area contributed by atoms with E-state index in [1.165, 1.54) is 51.4 Å². The van der Waals surface area contributed by atoms with E-state index in [0.29, 0.717) is 5.04 Å². The van der Waals surface area contributed by atoms with E-state index in [-0.39, 0.29) is 0 Å². The van der Waals surface area contributed by atoms with Crippen LogP contribution in [0.2, 0.25) is 5.04 Å². The van der Waals surface area contributed by atoms with Crippen LogP contribution in [0.15, 0.2) is 12.2 Å². The first-order valence-corrected chi connectivity index (χ1v) is 8.13. The van der Waals surface area contributed by atoms with Gasteiger partial charge in [0.05, 0.1) is 0 Å². The van der Waals surface area contributed by atoms with Crippen molar-refractivity contribution in [2.24, 2.45) is 17.8 Å². The number of rotatable bonds is 7. The third-order valence-electron chi connectivity index (χ3n) is 4.94. The Morgan fingerprint density at radius 2 is 1.71 bits per heavy atom. The van der Waals surface area contributed by atoms with Gasteiger partial charge in [0.2, 0.25) is 0 Å². The molecular weight excluding hydrogens is 220 g/mol. The van der Waals surface area contributed by atoms with E-state index in [1.54, 1.807) is 0 Å². The van der Waals surface area contributed by atoms with Gasteiger partial charge in [-0.2, -0.15) is 0 Å². The van der Waals surface area contributed by atoms with Crippen LogP contribution in [0, 0.1) is 17.8 Å². The Labute approximate surface area is 111 Å². The van der Waals surface area contributed by atoms with Gasteiger partial charge in [-0.1, -0.05) is 64.5 Å². The second kappa shape index (κ2) is 5.73. The van der Waals surface area contributed by atoms with Crippen LogP contribution in [0.1, 0.15) is 65.2 Å². The molecule has 3 radical (unpaired) electrons. The van der Waals surface area contributed by atoms with Gasteiger partial charge >= 0.3 is 0 Å². The molecule has 3 atom stereocenters. The quantitative estimate of drug-likeness (QED) is 0.443. The van der Waals surface area contributed by atoms with Crippen molar-refractivity contribution in [1.29, 1.82) is 0 Å². The van der Waals surface area contributed by atoms with Gasteiger partial charge in [0, 0.05) is 10.2 Å². The lowest BCUT2D eigenvalue weighted by Crippen LogP contribution is -2.27. The summed E-state index contributed by atoms with van der Waals surface area (Å²) in [7, 11) is 4.24. The zero-order valence-corrected chi connectivity index (χ0v) is 12.5. The predicted octanol–water partition coefficient (Wildman–Crippen LogP) is 4.91. The lowest BCUT2D eigenvalue weighted by molar-refractivity contribution is 0.265. The third-order valence-corrected chi connectivity index (χ3v) is 5.81. The van der Waals surface area contributed by atoms with E-state index in [4.69, 9.17) is 0 Å². The highest BCUT2D eigenvalue weighted by atomic mass is 28.1. The summed E-state index contributed by atoms with van der Waals surface area (Å²) in [5, 5.41) is 0.441. The second-order valence-electron chi connectivity index (χ2n) is 6.25. The molecule has 17 heavy (non-hydrogen) atoms. The van der Waals surface area contributed by atoms with E-state index < -0.39 is 0 Å². The van der Waals surface area contributed by atoms with Crippen LogP contribution in [0.4, 0.5) is 0 Å². The van der Waals surface area contributed by atoms with Gasteiger partial charge in [0.25, 0.3) is 0 Å². The van der Waals surface area contributed by atoms with Crippen LogP contribution >= 0.6 is 0 Å². The lowest BCUT2D eigenvalue weighted by Gasteiger charge is -2.39. The maximum atomic E-state index is 4.24. The monoisotopic (exact) mass is 247 g/mol. The summed E-state index contributed by atoms with van der Waals surface area (Å²) in [6, 6.07) is 0. The summed E-state index contributed by atoms with van der Waals surface area (Å²) in [5.41, 5.74) is 0. The molecule has 0 nitrogen and oxygen atoms in total. The highest BCUT2D eigenvalue weighted by molar-refractivity contribution is 6.15. The van der Waals surface area contributed by atoms with Gasteiger partial charge in [-0.15, -0.1) is 0 Å². The van der Waals surface area contributed by atoms with Crippen LogP contribution in [0.25, 0.3) is 0 Å². The molecule has 1 heteroatoms. The first-order valence-electron chi connectivity index (χ1n) is 7.63. The van der Waals surface area contributed by atoms with Crippen molar-refractivity contribution >= 4 is 10.2 Å². The molecule has 2 bridgehead atoms. The number of allylic oxidation sites excluding steroid dienone is 2. The third kappa shape index (κ3) is 2.86. The molecule has 0 aromatic rings. The highest BCUT2D eigenvalue weighted by Gasteiger charge is 2.45. The van der Waals surface area contributed by atoms with E-state index >= 15 is 0 Å². The zero-order chi connectivity index (χ0) is 12.3. The van der Waals surface area contributed by atoms with E-state index in [0.717, 1.165) is 17.8 Å². The van der Waals surface area contributed by atoms with Gasteiger partial charge in [-0.05, 0) is 35.6 Å². The van der Waals surface area contributed by atoms with Crippen molar-refractivity contribution in [2.75, 3.05) is 0 Å². The highest BCUT2D eigenvalue weighted by Crippen LogP contribution is 2.57. The minimum Gasteiger partial charge on any atom is -0.0851 e. The van der Waals surface area contributed by atoms with Crippen LogP contribution < -0.4 is 0 Å². The largest absolute Gasteiger partial charge is 0.0851 e. The molecule has 3 unspecified atom stereocenters. The Morgan fingerprint density at radius 3 is 2.12 bits per heavy atom. The molecule has 0 heterocycles. The van der Waals surface area contributed by atoms with Crippen molar-refractivity contribution in [1.82, 2.24) is 0 Å². The lowest BCUT2D eigenvalue weighted by atomic mass is 9.76. The molecule has 1 saturated carbocycles. The van der Waals surface area contributed by atoms with Gasteiger partial charge in [0.1, 0.15) is 0 Å². The fraction of sp³-hybridized carbons (Fsp3) is 0.875. The van der Waals surface area contributed by atoms with Crippen molar-refractivity contribution in [3.05, 3.63) is 12.2 Å². The molecule has 0 aromatic carbocycles. The summed E-state index contributed by atoms with van der Waals surface area (Å²) in [4.78, 5) is 0. The molecule has 0 spiro atoms. The average Bonchev–Trinajstić information content (AvgIpc) is 2.96. The number of fused-ring (bicyclic) bond motifs is 2. The summed E-state index contributed by atoms with van der Waals surface area (Å²) in [6.07, 6.45) is 16.0. The Bertz CT molecular complexity index is 261.